The third-order valence-electron chi connectivity index (χ3n) is 3.66. The molecule has 0 bridgehead atoms. The number of hydrogen-bond donors (Lipinski definition) is 1. The lowest BCUT2D eigenvalue weighted by Gasteiger charge is -2.14. The van der Waals surface area contributed by atoms with E-state index in [1.54, 1.807) is 0 Å². The van der Waals surface area contributed by atoms with Crippen molar-refractivity contribution in [3.8, 4) is 0 Å². The van der Waals surface area contributed by atoms with Gasteiger partial charge in [0.2, 0.25) is 0 Å². The molecule has 7 nitrogen and oxygen atoms in total. The van der Waals surface area contributed by atoms with E-state index in [2.05, 4.69) is 15.3 Å². The Morgan fingerprint density at radius 2 is 2.29 bits per heavy atom. The van der Waals surface area contributed by atoms with Crippen LogP contribution in [-0.2, 0) is 4.74 Å². The molecule has 1 N–H and O–H groups in total. The molecule has 1 aromatic carbocycles. The van der Waals surface area contributed by atoms with Gasteiger partial charge >= 0.3 is 6.09 Å². The summed E-state index contributed by atoms with van der Waals surface area (Å²) in [5.41, 5.74) is 0.212. The molecule has 24 heavy (non-hydrogen) atoms. The normalized spacial score (nSPS) is 16.8. The monoisotopic (exact) mass is 330 g/mol. The second-order valence-electron chi connectivity index (χ2n) is 5.24. The van der Waals surface area contributed by atoms with Crippen LogP contribution >= 0.6 is 0 Å². The molecule has 1 aliphatic heterocycles. The second kappa shape index (κ2) is 6.61. The fourth-order valence-electron chi connectivity index (χ4n) is 2.35. The molecular weight excluding hydrogens is 315 g/mol. The SMILES string of the molecule is CC[C@H]1CN(c2ccc(C(=O)Nc3ccncn3)c(F)c2)C(=O)O1. The van der Waals surface area contributed by atoms with Crippen LogP contribution in [0, 0.1) is 5.82 Å². The maximum atomic E-state index is 14.3. The minimum absolute atomic E-state index is 0.142. The number of halogens is 1. The van der Waals surface area contributed by atoms with Crippen LogP contribution < -0.4 is 10.2 Å². The molecule has 2 amide bonds. The first kappa shape index (κ1) is 15.9. The van der Waals surface area contributed by atoms with Crippen LogP contribution in [0.1, 0.15) is 23.7 Å². The van der Waals surface area contributed by atoms with Crippen molar-refractivity contribution in [2.45, 2.75) is 19.4 Å². The summed E-state index contributed by atoms with van der Waals surface area (Å²) in [7, 11) is 0. The lowest BCUT2D eigenvalue weighted by molar-refractivity contribution is 0.102. The first-order valence-corrected chi connectivity index (χ1v) is 7.43. The van der Waals surface area contributed by atoms with E-state index < -0.39 is 17.8 Å². The smallest absolute Gasteiger partial charge is 0.414 e. The highest BCUT2D eigenvalue weighted by Gasteiger charge is 2.31. The fourth-order valence-corrected chi connectivity index (χ4v) is 2.35. The highest BCUT2D eigenvalue weighted by atomic mass is 19.1. The van der Waals surface area contributed by atoms with E-state index in [1.807, 2.05) is 6.92 Å². The topological polar surface area (TPSA) is 84.4 Å². The van der Waals surface area contributed by atoms with E-state index in [0.717, 1.165) is 6.07 Å². The molecule has 0 saturated carbocycles. The van der Waals surface area contributed by atoms with Crippen LogP contribution in [0.4, 0.5) is 20.7 Å². The summed E-state index contributed by atoms with van der Waals surface area (Å²) in [6.45, 7) is 2.27. The second-order valence-corrected chi connectivity index (χ2v) is 5.24. The van der Waals surface area contributed by atoms with Crippen LogP contribution in [-0.4, -0.2) is 34.6 Å². The fraction of sp³-hybridized carbons (Fsp3) is 0.250. The Bertz CT molecular complexity index is 769. The first-order chi connectivity index (χ1) is 11.6. The van der Waals surface area contributed by atoms with E-state index in [9.17, 15) is 14.0 Å². The van der Waals surface area contributed by atoms with Crippen molar-refractivity contribution < 1.29 is 18.7 Å². The van der Waals surface area contributed by atoms with Crippen molar-refractivity contribution in [1.82, 2.24) is 9.97 Å². The van der Waals surface area contributed by atoms with E-state index in [4.69, 9.17) is 4.74 Å². The summed E-state index contributed by atoms with van der Waals surface area (Å²) in [6.07, 6.45) is 2.70. The number of nitrogens with zero attached hydrogens (tertiary/aromatic N) is 3. The summed E-state index contributed by atoms with van der Waals surface area (Å²) < 4.78 is 19.4. The van der Waals surface area contributed by atoms with Crippen molar-refractivity contribution in [1.29, 1.82) is 0 Å². The van der Waals surface area contributed by atoms with Crippen LogP contribution in [0.3, 0.4) is 0 Å². The van der Waals surface area contributed by atoms with Gasteiger partial charge in [-0.1, -0.05) is 6.92 Å². The molecule has 8 heteroatoms. The third kappa shape index (κ3) is 3.17. The highest BCUT2D eigenvalue weighted by Crippen LogP contribution is 2.25. The third-order valence-corrected chi connectivity index (χ3v) is 3.66. The minimum atomic E-state index is -0.730. The lowest BCUT2D eigenvalue weighted by Crippen LogP contribution is -2.25. The maximum Gasteiger partial charge on any atom is 0.414 e. The van der Waals surface area contributed by atoms with Crippen LogP contribution in [0.2, 0.25) is 0 Å². The molecular formula is C16H15FN4O3. The van der Waals surface area contributed by atoms with Crippen LogP contribution in [0.5, 0.6) is 0 Å². The number of anilines is 2. The Balaban J connectivity index is 1.78. The molecule has 1 aromatic heterocycles. The average Bonchev–Trinajstić information content (AvgIpc) is 2.96. The number of cyclic esters (lactones) is 1. The Morgan fingerprint density at radius 3 is 2.92 bits per heavy atom. The van der Waals surface area contributed by atoms with Crippen molar-refractivity contribution in [3.63, 3.8) is 0 Å². The number of carbonyl (C=O) groups is 2. The molecule has 124 valence electrons. The minimum Gasteiger partial charge on any atom is -0.444 e. The Kier molecular flexibility index (Phi) is 4.37. The Labute approximate surface area is 137 Å². The van der Waals surface area contributed by atoms with E-state index in [-0.39, 0.29) is 17.5 Å². The molecule has 0 radical (unpaired) electrons. The molecule has 1 aliphatic rings. The van der Waals surface area contributed by atoms with Gasteiger partial charge in [-0.2, -0.15) is 0 Å². The predicted octanol–water partition coefficient (Wildman–Crippen LogP) is 2.60. The quantitative estimate of drug-likeness (QED) is 0.931. The van der Waals surface area contributed by atoms with Gasteiger partial charge in [0.25, 0.3) is 5.91 Å². The van der Waals surface area contributed by atoms with Gasteiger partial charge < -0.3 is 10.1 Å². The van der Waals surface area contributed by atoms with Crippen molar-refractivity contribution in [2.75, 3.05) is 16.8 Å². The summed E-state index contributed by atoms with van der Waals surface area (Å²) in [5.74, 6) is -1.09. The van der Waals surface area contributed by atoms with Crippen molar-refractivity contribution >= 4 is 23.5 Å². The largest absolute Gasteiger partial charge is 0.444 e. The zero-order valence-corrected chi connectivity index (χ0v) is 12.9. The van der Waals surface area contributed by atoms with Crippen molar-refractivity contribution in [3.05, 3.63) is 48.2 Å². The van der Waals surface area contributed by atoms with Crippen LogP contribution in [0.15, 0.2) is 36.8 Å². The molecule has 1 saturated heterocycles. The Hall–Kier alpha value is -3.03. The number of nitrogens with one attached hydrogen (secondary N) is 1. The van der Waals surface area contributed by atoms with Gasteiger partial charge in [0.05, 0.1) is 17.8 Å². The number of carbonyl (C=O) groups excluding carboxylic acids is 2. The number of hydrogen-bond acceptors (Lipinski definition) is 5. The number of aromatic nitrogens is 2. The zero-order valence-electron chi connectivity index (χ0n) is 12.9. The van der Waals surface area contributed by atoms with Gasteiger partial charge in [0.15, 0.2) is 0 Å². The summed E-state index contributed by atoms with van der Waals surface area (Å²) in [6, 6.07) is 5.48. The predicted molar refractivity (Wildman–Crippen MR) is 84.3 cm³/mol. The molecule has 3 rings (SSSR count). The van der Waals surface area contributed by atoms with E-state index >= 15 is 0 Å². The van der Waals surface area contributed by atoms with Gasteiger partial charge in [-0.05, 0) is 30.7 Å². The zero-order chi connectivity index (χ0) is 17.1. The Morgan fingerprint density at radius 1 is 1.46 bits per heavy atom. The molecule has 0 unspecified atom stereocenters. The summed E-state index contributed by atoms with van der Waals surface area (Å²) in [4.78, 5) is 32.8. The van der Waals surface area contributed by atoms with Gasteiger partial charge in [0, 0.05) is 6.20 Å². The highest BCUT2D eigenvalue weighted by molar-refractivity contribution is 6.04. The molecule has 2 heterocycles. The summed E-state index contributed by atoms with van der Waals surface area (Å²) in [5, 5.41) is 2.48. The van der Waals surface area contributed by atoms with Crippen molar-refractivity contribution in [2.24, 2.45) is 0 Å². The number of rotatable bonds is 4. The van der Waals surface area contributed by atoms with E-state index in [1.165, 1.54) is 35.6 Å². The lowest BCUT2D eigenvalue weighted by atomic mass is 10.1. The number of ether oxygens (including phenoxy) is 1. The first-order valence-electron chi connectivity index (χ1n) is 7.43. The average molecular weight is 330 g/mol. The van der Waals surface area contributed by atoms with E-state index in [0.29, 0.717) is 18.7 Å². The molecule has 2 aromatic rings. The number of amides is 2. The van der Waals surface area contributed by atoms with Gasteiger partial charge in [-0.25, -0.2) is 19.2 Å². The van der Waals surface area contributed by atoms with Gasteiger partial charge in [-0.15, -0.1) is 0 Å². The molecule has 0 spiro atoms. The molecule has 1 atom stereocenters. The molecule has 1 fully saturated rings. The maximum absolute atomic E-state index is 14.3. The van der Waals surface area contributed by atoms with Gasteiger partial charge in [0.1, 0.15) is 24.1 Å². The summed E-state index contributed by atoms with van der Waals surface area (Å²) >= 11 is 0. The van der Waals surface area contributed by atoms with Crippen LogP contribution in [0.25, 0.3) is 0 Å². The standard InChI is InChI=1S/C16H15FN4O3/c1-2-11-8-21(16(23)24-11)10-3-4-12(13(17)7-10)15(22)20-14-5-6-18-9-19-14/h3-7,9,11H,2,8H2,1H3,(H,18,19,20,22)/t11-/m0/s1. The van der Waals surface area contributed by atoms with Gasteiger partial charge in [-0.3, -0.25) is 9.69 Å². The number of benzene rings is 1. The molecule has 0 aliphatic carbocycles.